The minimum atomic E-state index is -0.842. The maximum atomic E-state index is 13.3. The van der Waals surface area contributed by atoms with E-state index in [4.69, 9.17) is 10.6 Å². The number of hydrogen-bond donors (Lipinski definition) is 2. The molecule has 1 heterocycles. The SMILES string of the molecule is NNC(Cc1ccc(F)c(F)c1)c1ccc2c(c1)COC2. The number of ether oxygens (including phenoxy) is 1. The lowest BCUT2D eigenvalue weighted by atomic mass is 9.96. The average molecular weight is 290 g/mol. The molecule has 2 aromatic carbocycles. The maximum absolute atomic E-state index is 13.3. The maximum Gasteiger partial charge on any atom is 0.159 e. The number of nitrogens with one attached hydrogen (secondary N) is 1. The third kappa shape index (κ3) is 2.95. The molecule has 3 rings (SSSR count). The summed E-state index contributed by atoms with van der Waals surface area (Å²) in [6, 6.07) is 9.79. The van der Waals surface area contributed by atoms with Crippen LogP contribution in [0.25, 0.3) is 0 Å². The van der Waals surface area contributed by atoms with Gasteiger partial charge in [0.15, 0.2) is 11.6 Å². The zero-order valence-corrected chi connectivity index (χ0v) is 11.4. The van der Waals surface area contributed by atoms with E-state index in [1.54, 1.807) is 6.07 Å². The lowest BCUT2D eigenvalue weighted by Crippen LogP contribution is -2.29. The molecule has 0 bridgehead atoms. The smallest absolute Gasteiger partial charge is 0.159 e. The molecule has 110 valence electrons. The van der Waals surface area contributed by atoms with Gasteiger partial charge in [-0.25, -0.2) is 8.78 Å². The Balaban J connectivity index is 1.83. The molecular weight excluding hydrogens is 274 g/mol. The highest BCUT2D eigenvalue weighted by Crippen LogP contribution is 2.25. The third-order valence-corrected chi connectivity index (χ3v) is 3.77. The second kappa shape index (κ2) is 5.89. The van der Waals surface area contributed by atoms with E-state index in [1.807, 2.05) is 18.2 Å². The molecule has 0 aliphatic carbocycles. The van der Waals surface area contributed by atoms with Crippen LogP contribution >= 0.6 is 0 Å². The van der Waals surface area contributed by atoms with Gasteiger partial charge in [0, 0.05) is 6.04 Å². The fourth-order valence-electron chi connectivity index (χ4n) is 2.58. The van der Waals surface area contributed by atoms with Crippen LogP contribution < -0.4 is 11.3 Å². The second-order valence-electron chi connectivity index (χ2n) is 5.19. The Morgan fingerprint density at radius 1 is 1.05 bits per heavy atom. The first kappa shape index (κ1) is 14.1. The molecule has 3 N–H and O–H groups in total. The van der Waals surface area contributed by atoms with E-state index >= 15 is 0 Å². The Hall–Kier alpha value is -1.82. The molecule has 1 aliphatic rings. The van der Waals surface area contributed by atoms with Gasteiger partial charge in [0.2, 0.25) is 0 Å². The van der Waals surface area contributed by atoms with Crippen LogP contribution in [0.2, 0.25) is 0 Å². The van der Waals surface area contributed by atoms with Gasteiger partial charge in [-0.3, -0.25) is 11.3 Å². The average Bonchev–Trinajstić information content (AvgIpc) is 2.95. The molecule has 0 saturated carbocycles. The van der Waals surface area contributed by atoms with Crippen molar-refractivity contribution in [3.63, 3.8) is 0 Å². The Morgan fingerprint density at radius 2 is 1.86 bits per heavy atom. The first-order chi connectivity index (χ1) is 10.2. The van der Waals surface area contributed by atoms with Crippen molar-refractivity contribution in [1.29, 1.82) is 0 Å². The highest BCUT2D eigenvalue weighted by molar-refractivity contribution is 5.35. The van der Waals surface area contributed by atoms with Crippen molar-refractivity contribution in [3.05, 3.63) is 70.3 Å². The van der Waals surface area contributed by atoms with Crippen molar-refractivity contribution in [2.24, 2.45) is 5.84 Å². The van der Waals surface area contributed by atoms with Crippen molar-refractivity contribution in [2.45, 2.75) is 25.7 Å². The van der Waals surface area contributed by atoms with E-state index < -0.39 is 11.6 Å². The molecule has 1 aliphatic heterocycles. The van der Waals surface area contributed by atoms with Gasteiger partial charge >= 0.3 is 0 Å². The third-order valence-electron chi connectivity index (χ3n) is 3.77. The first-order valence-electron chi connectivity index (χ1n) is 6.77. The molecular formula is C16H16F2N2O. The first-order valence-corrected chi connectivity index (χ1v) is 6.77. The molecule has 1 atom stereocenters. The lowest BCUT2D eigenvalue weighted by Gasteiger charge is -2.17. The number of rotatable bonds is 4. The van der Waals surface area contributed by atoms with Gasteiger partial charge in [-0.2, -0.15) is 0 Å². The lowest BCUT2D eigenvalue weighted by molar-refractivity contribution is 0.134. The van der Waals surface area contributed by atoms with E-state index in [9.17, 15) is 8.78 Å². The van der Waals surface area contributed by atoms with Crippen LogP contribution in [0.3, 0.4) is 0 Å². The molecule has 0 saturated heterocycles. The molecule has 1 unspecified atom stereocenters. The molecule has 0 aromatic heterocycles. The van der Waals surface area contributed by atoms with Crippen LogP contribution in [-0.4, -0.2) is 0 Å². The fraction of sp³-hybridized carbons (Fsp3) is 0.250. The Bertz CT molecular complexity index is 661. The summed E-state index contributed by atoms with van der Waals surface area (Å²) in [5, 5.41) is 0. The van der Waals surface area contributed by atoms with Gasteiger partial charge in [-0.05, 0) is 40.8 Å². The van der Waals surface area contributed by atoms with Gasteiger partial charge in [0.05, 0.1) is 13.2 Å². The van der Waals surface area contributed by atoms with Crippen molar-refractivity contribution in [1.82, 2.24) is 5.43 Å². The van der Waals surface area contributed by atoms with Crippen molar-refractivity contribution < 1.29 is 13.5 Å². The van der Waals surface area contributed by atoms with Crippen molar-refractivity contribution >= 4 is 0 Å². The number of hydrogen-bond acceptors (Lipinski definition) is 3. The van der Waals surface area contributed by atoms with Crippen LogP contribution in [0.15, 0.2) is 36.4 Å². The number of nitrogens with two attached hydrogens (primary N) is 1. The number of benzene rings is 2. The molecule has 0 fully saturated rings. The highest BCUT2D eigenvalue weighted by atomic mass is 19.2. The molecule has 0 amide bonds. The largest absolute Gasteiger partial charge is 0.372 e. The van der Waals surface area contributed by atoms with Crippen LogP contribution in [0, 0.1) is 11.6 Å². The predicted molar refractivity (Wildman–Crippen MR) is 75.1 cm³/mol. The summed E-state index contributed by atoms with van der Waals surface area (Å²) in [5.41, 5.74) is 6.76. The van der Waals surface area contributed by atoms with Gasteiger partial charge in [0.25, 0.3) is 0 Å². The van der Waals surface area contributed by atoms with Gasteiger partial charge in [-0.15, -0.1) is 0 Å². The van der Waals surface area contributed by atoms with Crippen LogP contribution in [-0.2, 0) is 24.4 Å². The predicted octanol–water partition coefficient (Wildman–Crippen LogP) is 2.74. The Morgan fingerprint density at radius 3 is 2.62 bits per heavy atom. The minimum Gasteiger partial charge on any atom is -0.372 e. The van der Waals surface area contributed by atoms with Crippen LogP contribution in [0.5, 0.6) is 0 Å². The Kier molecular flexibility index (Phi) is 3.96. The Labute approximate surface area is 121 Å². The van der Waals surface area contributed by atoms with Gasteiger partial charge in [-0.1, -0.05) is 24.3 Å². The zero-order chi connectivity index (χ0) is 14.8. The molecule has 3 nitrogen and oxygen atoms in total. The van der Waals surface area contributed by atoms with E-state index in [0.717, 1.165) is 17.2 Å². The normalized spacial score (nSPS) is 15.0. The number of halogens is 2. The highest BCUT2D eigenvalue weighted by Gasteiger charge is 2.16. The second-order valence-corrected chi connectivity index (χ2v) is 5.19. The van der Waals surface area contributed by atoms with Crippen LogP contribution in [0.1, 0.15) is 28.3 Å². The van der Waals surface area contributed by atoms with E-state index in [2.05, 4.69) is 5.43 Å². The van der Waals surface area contributed by atoms with E-state index in [0.29, 0.717) is 25.2 Å². The van der Waals surface area contributed by atoms with Gasteiger partial charge in [0.1, 0.15) is 0 Å². The molecule has 0 spiro atoms. The summed E-state index contributed by atoms with van der Waals surface area (Å²) in [6.07, 6.45) is 0.480. The van der Waals surface area contributed by atoms with Gasteiger partial charge < -0.3 is 4.74 Å². The zero-order valence-electron chi connectivity index (χ0n) is 11.4. The molecule has 21 heavy (non-hydrogen) atoms. The standard InChI is InChI=1S/C16H16F2N2O/c17-14-4-1-10(5-15(14)18)6-16(20-19)11-2-3-12-8-21-9-13(12)7-11/h1-5,7,16,20H,6,8-9,19H2. The summed E-state index contributed by atoms with van der Waals surface area (Å²) < 4.78 is 31.6. The van der Waals surface area contributed by atoms with E-state index in [1.165, 1.54) is 11.6 Å². The summed E-state index contributed by atoms with van der Waals surface area (Å²) in [7, 11) is 0. The quantitative estimate of drug-likeness (QED) is 0.672. The van der Waals surface area contributed by atoms with Crippen molar-refractivity contribution in [3.8, 4) is 0 Å². The topological polar surface area (TPSA) is 47.3 Å². The summed E-state index contributed by atoms with van der Waals surface area (Å²) in [5.74, 6) is 3.93. The monoisotopic (exact) mass is 290 g/mol. The summed E-state index contributed by atoms with van der Waals surface area (Å²) in [4.78, 5) is 0. The molecule has 0 radical (unpaired) electrons. The molecule has 2 aromatic rings. The van der Waals surface area contributed by atoms with Crippen molar-refractivity contribution in [2.75, 3.05) is 0 Å². The van der Waals surface area contributed by atoms with Crippen LogP contribution in [0.4, 0.5) is 8.78 Å². The summed E-state index contributed by atoms with van der Waals surface area (Å²) in [6.45, 7) is 1.24. The molecule has 5 heteroatoms. The van der Waals surface area contributed by atoms with E-state index in [-0.39, 0.29) is 6.04 Å². The summed E-state index contributed by atoms with van der Waals surface area (Å²) >= 11 is 0. The number of fused-ring (bicyclic) bond motifs is 1. The fourth-order valence-corrected chi connectivity index (χ4v) is 2.58. The minimum absolute atomic E-state index is 0.166. The number of hydrazine groups is 1.